The lowest BCUT2D eigenvalue weighted by Gasteiger charge is -2.29. The third-order valence-corrected chi connectivity index (χ3v) is 2.22. The highest BCUT2D eigenvalue weighted by Crippen LogP contribution is 2.25. The van der Waals surface area contributed by atoms with Gasteiger partial charge >= 0.3 is 0 Å². The molecule has 1 atom stereocenters. The smallest absolute Gasteiger partial charge is 0.293 e. The van der Waals surface area contributed by atoms with Gasteiger partial charge in [-0.15, -0.1) is 0 Å². The summed E-state index contributed by atoms with van der Waals surface area (Å²) in [4.78, 5) is 10.2. The summed E-state index contributed by atoms with van der Waals surface area (Å²) in [5.74, 6) is 0. The van der Waals surface area contributed by atoms with E-state index in [-0.39, 0.29) is 6.61 Å². The van der Waals surface area contributed by atoms with E-state index in [9.17, 15) is 4.79 Å². The normalized spacial score (nSPS) is 15.2. The van der Waals surface area contributed by atoms with Crippen LogP contribution >= 0.6 is 0 Å². The Morgan fingerprint density at radius 2 is 2.08 bits per heavy atom. The van der Waals surface area contributed by atoms with Gasteiger partial charge in [0.05, 0.1) is 0 Å². The molecule has 0 saturated carbocycles. The number of carbonyl (C=O) groups excluding carboxylic acids is 1. The first-order valence-electron chi connectivity index (χ1n) is 4.47. The molecule has 0 amide bonds. The van der Waals surface area contributed by atoms with E-state index in [1.807, 2.05) is 13.8 Å². The van der Waals surface area contributed by atoms with Crippen molar-refractivity contribution in [2.45, 2.75) is 45.1 Å². The van der Waals surface area contributed by atoms with Gasteiger partial charge in [-0.3, -0.25) is 4.79 Å². The Morgan fingerprint density at radius 3 is 2.42 bits per heavy atom. The van der Waals surface area contributed by atoms with Crippen LogP contribution in [0.2, 0.25) is 0 Å². The first kappa shape index (κ1) is 11.4. The maximum Gasteiger partial charge on any atom is 0.293 e. The molecule has 1 N–H and O–H groups in total. The average Bonchev–Trinajstić information content (AvgIpc) is 2.06. The molecule has 0 aliphatic rings. The fourth-order valence-corrected chi connectivity index (χ4v) is 1.44. The van der Waals surface area contributed by atoms with Crippen molar-refractivity contribution in [2.75, 3.05) is 6.61 Å². The van der Waals surface area contributed by atoms with Crippen molar-refractivity contribution in [3.8, 4) is 0 Å². The maximum atomic E-state index is 10.2. The topological polar surface area (TPSA) is 46.5 Å². The second-order valence-electron chi connectivity index (χ2n) is 2.97. The molecule has 0 aromatic heterocycles. The van der Waals surface area contributed by atoms with Crippen LogP contribution in [0.15, 0.2) is 0 Å². The lowest BCUT2D eigenvalue weighted by Crippen LogP contribution is -2.32. The van der Waals surface area contributed by atoms with Gasteiger partial charge in [-0.2, -0.15) is 0 Å². The van der Waals surface area contributed by atoms with E-state index >= 15 is 0 Å². The predicted octanol–water partition coefficient (Wildman–Crippen LogP) is 1.49. The van der Waals surface area contributed by atoms with Crippen molar-refractivity contribution in [3.63, 3.8) is 0 Å². The molecule has 0 rings (SSSR count). The minimum absolute atomic E-state index is 0.0711. The van der Waals surface area contributed by atoms with Gasteiger partial charge in [0, 0.05) is 13.0 Å². The number of rotatable bonds is 7. The second-order valence-corrected chi connectivity index (χ2v) is 2.97. The van der Waals surface area contributed by atoms with E-state index in [1.165, 1.54) is 0 Å². The highest BCUT2D eigenvalue weighted by molar-refractivity contribution is 5.38. The Hall–Kier alpha value is -0.570. The minimum Gasteiger partial charge on any atom is -0.461 e. The highest BCUT2D eigenvalue weighted by Gasteiger charge is 2.27. The summed E-state index contributed by atoms with van der Waals surface area (Å²) >= 11 is 0. The molecule has 1 unspecified atom stereocenters. The first-order valence-corrected chi connectivity index (χ1v) is 4.47. The zero-order chi connectivity index (χ0) is 9.45. The molecule has 0 aromatic carbocycles. The molecule has 0 fully saturated rings. The van der Waals surface area contributed by atoms with Crippen molar-refractivity contribution in [2.24, 2.45) is 0 Å². The van der Waals surface area contributed by atoms with Crippen LogP contribution in [0.5, 0.6) is 0 Å². The molecule has 0 aliphatic carbocycles. The number of hydrogen-bond acceptors (Lipinski definition) is 3. The van der Waals surface area contributed by atoms with E-state index in [4.69, 9.17) is 9.84 Å². The molecule has 0 radical (unpaired) electrons. The van der Waals surface area contributed by atoms with E-state index in [0.717, 1.165) is 19.3 Å². The summed E-state index contributed by atoms with van der Waals surface area (Å²) in [6.07, 6.45) is 3.08. The Kier molecular flexibility index (Phi) is 5.72. The molecule has 0 aromatic rings. The Labute approximate surface area is 73.7 Å². The number of ether oxygens (including phenoxy) is 1. The van der Waals surface area contributed by atoms with Crippen LogP contribution in [0, 0.1) is 0 Å². The number of hydrogen-bond donors (Lipinski definition) is 1. The second kappa shape index (κ2) is 6.00. The summed E-state index contributed by atoms with van der Waals surface area (Å²) in [6, 6.07) is 0. The van der Waals surface area contributed by atoms with Crippen LogP contribution in [0.1, 0.15) is 39.5 Å². The lowest BCUT2D eigenvalue weighted by atomic mass is 9.91. The summed E-state index contributed by atoms with van der Waals surface area (Å²) in [5.41, 5.74) is -0.425. The quantitative estimate of drug-likeness (QED) is 0.595. The van der Waals surface area contributed by atoms with Gasteiger partial charge in [0.2, 0.25) is 0 Å². The average molecular weight is 174 g/mol. The zero-order valence-corrected chi connectivity index (χ0v) is 7.88. The monoisotopic (exact) mass is 174 g/mol. The molecule has 3 heteroatoms. The van der Waals surface area contributed by atoms with Crippen LogP contribution in [0.4, 0.5) is 0 Å². The van der Waals surface area contributed by atoms with Gasteiger partial charge in [0.1, 0.15) is 5.60 Å². The predicted molar refractivity (Wildman–Crippen MR) is 46.8 cm³/mol. The van der Waals surface area contributed by atoms with Gasteiger partial charge in [-0.05, 0) is 12.8 Å². The van der Waals surface area contributed by atoms with E-state index in [1.54, 1.807) is 0 Å². The van der Waals surface area contributed by atoms with Crippen LogP contribution < -0.4 is 0 Å². The molecule has 3 nitrogen and oxygen atoms in total. The van der Waals surface area contributed by atoms with Gasteiger partial charge in [-0.25, -0.2) is 0 Å². The van der Waals surface area contributed by atoms with Crippen molar-refractivity contribution < 1.29 is 14.6 Å². The van der Waals surface area contributed by atoms with Gasteiger partial charge < -0.3 is 9.84 Å². The van der Waals surface area contributed by atoms with Crippen molar-refractivity contribution >= 4 is 6.47 Å². The molecular weight excluding hydrogens is 156 g/mol. The Bertz CT molecular complexity index is 117. The van der Waals surface area contributed by atoms with E-state index < -0.39 is 5.60 Å². The number of aliphatic hydroxyl groups excluding tert-OH is 1. The summed E-state index contributed by atoms with van der Waals surface area (Å²) in [7, 11) is 0. The number of carbonyl (C=O) groups is 1. The van der Waals surface area contributed by atoms with Crippen molar-refractivity contribution in [1.29, 1.82) is 0 Å². The van der Waals surface area contributed by atoms with Crippen molar-refractivity contribution in [1.82, 2.24) is 0 Å². The van der Waals surface area contributed by atoms with E-state index in [2.05, 4.69) is 0 Å². The van der Waals surface area contributed by atoms with Crippen LogP contribution in [-0.2, 0) is 9.53 Å². The maximum absolute atomic E-state index is 10.2. The van der Waals surface area contributed by atoms with E-state index in [0.29, 0.717) is 12.9 Å². The molecule has 0 heterocycles. The van der Waals surface area contributed by atoms with Crippen LogP contribution in [0.3, 0.4) is 0 Å². The molecule has 0 saturated heterocycles. The molecule has 0 bridgehead atoms. The van der Waals surface area contributed by atoms with Crippen molar-refractivity contribution in [3.05, 3.63) is 0 Å². The molecular formula is C9H18O3. The number of aliphatic hydroxyl groups is 1. The molecule has 0 spiro atoms. The zero-order valence-electron chi connectivity index (χ0n) is 7.88. The Balaban J connectivity index is 4.15. The summed E-state index contributed by atoms with van der Waals surface area (Å²) in [6.45, 7) is 4.56. The SMILES string of the molecule is CCCC(CC)(CCO)OC=O. The van der Waals surface area contributed by atoms with Gasteiger partial charge in [0.15, 0.2) is 0 Å². The molecule has 72 valence electrons. The van der Waals surface area contributed by atoms with Gasteiger partial charge in [-0.1, -0.05) is 20.3 Å². The fourth-order valence-electron chi connectivity index (χ4n) is 1.44. The minimum atomic E-state index is -0.425. The van der Waals surface area contributed by atoms with Crippen LogP contribution in [-0.4, -0.2) is 23.8 Å². The van der Waals surface area contributed by atoms with Gasteiger partial charge in [0.25, 0.3) is 6.47 Å². The summed E-state index contributed by atoms with van der Waals surface area (Å²) in [5, 5.41) is 8.79. The first-order chi connectivity index (χ1) is 5.74. The third-order valence-electron chi connectivity index (χ3n) is 2.22. The molecule has 12 heavy (non-hydrogen) atoms. The van der Waals surface area contributed by atoms with Crippen LogP contribution in [0.25, 0.3) is 0 Å². The standard InChI is InChI=1S/C9H18O3/c1-3-5-9(4-2,6-7-10)12-8-11/h8,10H,3-7H2,1-2H3. The lowest BCUT2D eigenvalue weighted by molar-refractivity contribution is -0.146. The fraction of sp³-hybridized carbons (Fsp3) is 0.889. The highest BCUT2D eigenvalue weighted by atomic mass is 16.5. The largest absolute Gasteiger partial charge is 0.461 e. The molecule has 0 aliphatic heterocycles. The Morgan fingerprint density at radius 1 is 1.42 bits per heavy atom. The third kappa shape index (κ3) is 3.22. The summed E-state index contributed by atoms with van der Waals surface area (Å²) < 4.78 is 5.02.